The number of likely N-dealkylation sites (tertiary alicyclic amines) is 1. The Hall–Kier alpha value is -0.870. The standard InChI is InChI=1S/C12H21N3O/c1-8-6-15(5-4-11(8)13)7-12-14-9(2)10(3)16-12/h8,11H,4-7,13H2,1-3H3. The number of piperidine rings is 1. The van der Waals surface area contributed by atoms with Gasteiger partial charge in [-0.05, 0) is 26.2 Å². The number of aryl methyl sites for hydroxylation is 2. The van der Waals surface area contributed by atoms with Crippen molar-refractivity contribution in [3.63, 3.8) is 0 Å². The molecule has 1 aliphatic heterocycles. The summed E-state index contributed by atoms with van der Waals surface area (Å²) in [6, 6.07) is 0.351. The van der Waals surface area contributed by atoms with Crippen molar-refractivity contribution in [3.05, 3.63) is 17.3 Å². The highest BCUT2D eigenvalue weighted by molar-refractivity contribution is 5.05. The van der Waals surface area contributed by atoms with E-state index in [2.05, 4.69) is 16.8 Å². The largest absolute Gasteiger partial charge is 0.444 e. The Bertz CT molecular complexity index is 342. The van der Waals surface area contributed by atoms with Gasteiger partial charge in [0.15, 0.2) is 0 Å². The molecule has 0 spiro atoms. The van der Waals surface area contributed by atoms with Crippen molar-refractivity contribution in [2.75, 3.05) is 13.1 Å². The van der Waals surface area contributed by atoms with Crippen LogP contribution in [0.2, 0.25) is 0 Å². The maximum Gasteiger partial charge on any atom is 0.208 e. The van der Waals surface area contributed by atoms with Crippen molar-refractivity contribution in [2.45, 2.75) is 39.8 Å². The zero-order valence-electron chi connectivity index (χ0n) is 10.4. The molecule has 0 saturated carbocycles. The number of hydrogen-bond donors (Lipinski definition) is 1. The third kappa shape index (κ3) is 2.44. The van der Waals surface area contributed by atoms with Crippen LogP contribution in [0, 0.1) is 19.8 Å². The smallest absolute Gasteiger partial charge is 0.208 e. The second-order valence-corrected chi connectivity index (χ2v) is 4.91. The normalized spacial score (nSPS) is 27.2. The van der Waals surface area contributed by atoms with Gasteiger partial charge < -0.3 is 10.2 Å². The molecule has 1 saturated heterocycles. The monoisotopic (exact) mass is 223 g/mol. The van der Waals surface area contributed by atoms with Crippen molar-refractivity contribution >= 4 is 0 Å². The van der Waals surface area contributed by atoms with Crippen molar-refractivity contribution in [1.29, 1.82) is 0 Å². The van der Waals surface area contributed by atoms with Gasteiger partial charge in [0.05, 0.1) is 12.2 Å². The number of hydrogen-bond acceptors (Lipinski definition) is 4. The number of nitrogens with zero attached hydrogens (tertiary/aromatic N) is 2. The third-order valence-electron chi connectivity index (χ3n) is 3.49. The van der Waals surface area contributed by atoms with E-state index in [1.54, 1.807) is 0 Å². The molecule has 2 unspecified atom stereocenters. The van der Waals surface area contributed by atoms with Crippen LogP contribution in [0.5, 0.6) is 0 Å². The van der Waals surface area contributed by atoms with Crippen LogP contribution in [0.1, 0.15) is 30.7 Å². The molecule has 0 amide bonds. The Balaban J connectivity index is 1.95. The predicted octanol–water partition coefficient (Wildman–Crippen LogP) is 1.46. The molecule has 0 radical (unpaired) electrons. The van der Waals surface area contributed by atoms with Gasteiger partial charge in [-0.1, -0.05) is 6.92 Å². The Morgan fingerprint density at radius 2 is 2.25 bits per heavy atom. The lowest BCUT2D eigenvalue weighted by atomic mass is 9.95. The molecular formula is C12H21N3O. The Kier molecular flexibility index (Phi) is 3.30. The van der Waals surface area contributed by atoms with Gasteiger partial charge in [-0.15, -0.1) is 0 Å². The van der Waals surface area contributed by atoms with Gasteiger partial charge in [0.1, 0.15) is 5.76 Å². The van der Waals surface area contributed by atoms with Gasteiger partial charge >= 0.3 is 0 Å². The average molecular weight is 223 g/mol. The van der Waals surface area contributed by atoms with E-state index in [4.69, 9.17) is 10.2 Å². The molecule has 1 aliphatic rings. The Labute approximate surface area is 96.8 Å². The third-order valence-corrected chi connectivity index (χ3v) is 3.49. The van der Waals surface area contributed by atoms with E-state index in [0.29, 0.717) is 12.0 Å². The zero-order chi connectivity index (χ0) is 11.7. The van der Waals surface area contributed by atoms with Gasteiger partial charge in [0, 0.05) is 19.1 Å². The first-order valence-electron chi connectivity index (χ1n) is 5.97. The lowest BCUT2D eigenvalue weighted by Gasteiger charge is -2.34. The van der Waals surface area contributed by atoms with Crippen LogP contribution in [0.15, 0.2) is 4.42 Å². The molecule has 0 aliphatic carbocycles. The SMILES string of the molecule is Cc1nc(CN2CCC(N)C(C)C2)oc1C. The topological polar surface area (TPSA) is 55.3 Å². The zero-order valence-corrected chi connectivity index (χ0v) is 10.4. The van der Waals surface area contributed by atoms with Crippen molar-refractivity contribution < 1.29 is 4.42 Å². The van der Waals surface area contributed by atoms with Crippen LogP contribution < -0.4 is 5.73 Å². The molecule has 4 heteroatoms. The molecule has 1 aromatic rings. The van der Waals surface area contributed by atoms with E-state index >= 15 is 0 Å². The van der Waals surface area contributed by atoms with Crippen LogP contribution in [-0.2, 0) is 6.54 Å². The molecular weight excluding hydrogens is 202 g/mol. The second-order valence-electron chi connectivity index (χ2n) is 4.91. The summed E-state index contributed by atoms with van der Waals surface area (Å²) in [5.41, 5.74) is 6.99. The summed E-state index contributed by atoms with van der Waals surface area (Å²) in [6.45, 7) is 9.06. The lowest BCUT2D eigenvalue weighted by Crippen LogP contribution is -2.45. The minimum Gasteiger partial charge on any atom is -0.444 e. The quantitative estimate of drug-likeness (QED) is 0.824. The Morgan fingerprint density at radius 3 is 2.81 bits per heavy atom. The van der Waals surface area contributed by atoms with Crippen molar-refractivity contribution in [1.82, 2.24) is 9.88 Å². The van der Waals surface area contributed by atoms with Crippen LogP contribution >= 0.6 is 0 Å². The highest BCUT2D eigenvalue weighted by atomic mass is 16.4. The first-order chi connectivity index (χ1) is 7.56. The van der Waals surface area contributed by atoms with E-state index < -0.39 is 0 Å². The summed E-state index contributed by atoms with van der Waals surface area (Å²) >= 11 is 0. The fourth-order valence-corrected chi connectivity index (χ4v) is 2.19. The first-order valence-corrected chi connectivity index (χ1v) is 5.97. The fraction of sp³-hybridized carbons (Fsp3) is 0.750. The van der Waals surface area contributed by atoms with E-state index in [1.165, 1.54) is 0 Å². The predicted molar refractivity (Wildman–Crippen MR) is 63.0 cm³/mol. The maximum atomic E-state index is 6.00. The minimum atomic E-state index is 0.351. The molecule has 2 rings (SSSR count). The Morgan fingerprint density at radius 1 is 1.50 bits per heavy atom. The summed E-state index contributed by atoms with van der Waals surface area (Å²) in [6.07, 6.45) is 1.07. The van der Waals surface area contributed by atoms with Crippen LogP contribution in [0.25, 0.3) is 0 Å². The molecule has 0 bridgehead atoms. The van der Waals surface area contributed by atoms with Gasteiger partial charge in [-0.25, -0.2) is 4.98 Å². The highest BCUT2D eigenvalue weighted by Crippen LogP contribution is 2.18. The fourth-order valence-electron chi connectivity index (χ4n) is 2.19. The van der Waals surface area contributed by atoms with Gasteiger partial charge in [-0.2, -0.15) is 0 Å². The van der Waals surface area contributed by atoms with Crippen molar-refractivity contribution in [3.8, 4) is 0 Å². The summed E-state index contributed by atoms with van der Waals surface area (Å²) in [7, 11) is 0. The number of oxazole rings is 1. The molecule has 2 N–H and O–H groups in total. The second kappa shape index (κ2) is 4.55. The minimum absolute atomic E-state index is 0.351. The van der Waals surface area contributed by atoms with Crippen LogP contribution in [0.3, 0.4) is 0 Å². The molecule has 4 nitrogen and oxygen atoms in total. The number of nitrogens with two attached hydrogens (primary N) is 1. The van der Waals surface area contributed by atoms with Gasteiger partial charge in [0.25, 0.3) is 0 Å². The van der Waals surface area contributed by atoms with Gasteiger partial charge in [0.2, 0.25) is 5.89 Å². The van der Waals surface area contributed by atoms with Crippen molar-refractivity contribution in [2.24, 2.45) is 11.7 Å². The van der Waals surface area contributed by atoms with E-state index in [-0.39, 0.29) is 0 Å². The molecule has 1 aromatic heterocycles. The van der Waals surface area contributed by atoms with E-state index in [1.807, 2.05) is 13.8 Å². The van der Waals surface area contributed by atoms with Crippen LogP contribution in [0.4, 0.5) is 0 Å². The lowest BCUT2D eigenvalue weighted by molar-refractivity contribution is 0.145. The molecule has 16 heavy (non-hydrogen) atoms. The van der Waals surface area contributed by atoms with E-state index in [0.717, 1.165) is 43.4 Å². The molecule has 2 heterocycles. The summed E-state index contributed by atoms with van der Waals surface area (Å²) < 4.78 is 5.60. The average Bonchev–Trinajstić information content (AvgIpc) is 2.52. The first kappa shape index (κ1) is 11.6. The van der Waals surface area contributed by atoms with Gasteiger partial charge in [-0.3, -0.25) is 4.90 Å². The van der Waals surface area contributed by atoms with E-state index in [9.17, 15) is 0 Å². The highest BCUT2D eigenvalue weighted by Gasteiger charge is 2.24. The molecule has 1 fully saturated rings. The number of rotatable bonds is 2. The molecule has 90 valence electrons. The molecule has 0 aromatic carbocycles. The molecule has 2 atom stereocenters. The summed E-state index contributed by atoms with van der Waals surface area (Å²) in [4.78, 5) is 6.78. The maximum absolute atomic E-state index is 6.00. The summed E-state index contributed by atoms with van der Waals surface area (Å²) in [5, 5.41) is 0. The summed E-state index contributed by atoms with van der Waals surface area (Å²) in [5.74, 6) is 2.32. The number of aromatic nitrogens is 1. The van der Waals surface area contributed by atoms with Crippen LogP contribution in [-0.4, -0.2) is 29.0 Å².